The van der Waals surface area contributed by atoms with Crippen molar-refractivity contribution in [2.24, 2.45) is 0 Å². The molecule has 1 heteroatoms. The fraction of sp³-hybridized carbons (Fsp3) is 0.545. The summed E-state index contributed by atoms with van der Waals surface area (Å²) in [6.07, 6.45) is 15.1. The van der Waals surface area contributed by atoms with E-state index in [0.29, 0.717) is 0 Å². The van der Waals surface area contributed by atoms with E-state index in [1.807, 2.05) is 6.08 Å². The van der Waals surface area contributed by atoms with E-state index in [-0.39, 0.29) is 0 Å². The van der Waals surface area contributed by atoms with E-state index in [2.05, 4.69) is 19.1 Å². The van der Waals surface area contributed by atoms with Crippen molar-refractivity contribution in [3.8, 4) is 0 Å². The van der Waals surface area contributed by atoms with E-state index >= 15 is 0 Å². The number of hydrogen-bond donors (Lipinski definition) is 0. The van der Waals surface area contributed by atoms with Gasteiger partial charge in [-0.2, -0.15) is 0 Å². The molecule has 12 heavy (non-hydrogen) atoms. The van der Waals surface area contributed by atoms with Gasteiger partial charge in [-0.15, -0.1) is 0 Å². The van der Waals surface area contributed by atoms with Gasteiger partial charge in [0.1, 0.15) is 0 Å². The Hall–Kier alpha value is -0.850. The fourth-order valence-corrected chi connectivity index (χ4v) is 0.887. The van der Waals surface area contributed by atoms with E-state index in [9.17, 15) is 4.79 Å². The lowest BCUT2D eigenvalue weighted by molar-refractivity contribution is 0.564. The Morgan fingerprint density at radius 1 is 1.08 bits per heavy atom. The molecule has 0 saturated heterocycles. The van der Waals surface area contributed by atoms with Crippen LogP contribution in [0.1, 0.15) is 39.0 Å². The zero-order valence-corrected chi connectivity index (χ0v) is 7.75. The van der Waals surface area contributed by atoms with Crippen molar-refractivity contribution in [1.29, 1.82) is 0 Å². The van der Waals surface area contributed by atoms with E-state index in [1.54, 1.807) is 6.29 Å². The average molecular weight is 165 g/mol. The highest BCUT2D eigenvalue weighted by Crippen LogP contribution is 1.99. The third-order valence-electron chi connectivity index (χ3n) is 1.55. The van der Waals surface area contributed by atoms with Crippen LogP contribution < -0.4 is 0 Å². The van der Waals surface area contributed by atoms with Crippen LogP contribution in [0, 0.1) is 0 Å². The summed E-state index contributed by atoms with van der Waals surface area (Å²) in [4.78, 5) is 9.75. The van der Waals surface area contributed by atoms with Crippen LogP contribution in [0.15, 0.2) is 24.3 Å². The SMILES string of the molecule is CCC/C=C/CCC/C=C/[C]=O. The van der Waals surface area contributed by atoms with E-state index < -0.39 is 0 Å². The molecule has 0 bridgehead atoms. The smallest absolute Gasteiger partial charge is 0.225 e. The molecule has 0 aromatic heterocycles. The third kappa shape index (κ3) is 9.15. The first-order valence-electron chi connectivity index (χ1n) is 4.59. The highest BCUT2D eigenvalue weighted by molar-refractivity contribution is 5.65. The summed E-state index contributed by atoms with van der Waals surface area (Å²) >= 11 is 0. The number of hydrogen-bond acceptors (Lipinski definition) is 1. The second kappa shape index (κ2) is 10.2. The minimum atomic E-state index is 0.978. The Kier molecular flexibility index (Phi) is 9.43. The van der Waals surface area contributed by atoms with Gasteiger partial charge in [0.2, 0.25) is 6.29 Å². The van der Waals surface area contributed by atoms with E-state index in [0.717, 1.165) is 19.3 Å². The summed E-state index contributed by atoms with van der Waals surface area (Å²) in [6.45, 7) is 2.17. The predicted octanol–water partition coefficient (Wildman–Crippen LogP) is 3.18. The monoisotopic (exact) mass is 165 g/mol. The zero-order valence-electron chi connectivity index (χ0n) is 7.75. The van der Waals surface area contributed by atoms with Gasteiger partial charge >= 0.3 is 0 Å². The molecule has 0 saturated carbocycles. The molecule has 0 aliphatic rings. The predicted molar refractivity (Wildman–Crippen MR) is 52.7 cm³/mol. The second-order valence-electron chi connectivity index (χ2n) is 2.71. The van der Waals surface area contributed by atoms with Gasteiger partial charge in [0.05, 0.1) is 0 Å². The quantitative estimate of drug-likeness (QED) is 0.321. The number of rotatable bonds is 7. The van der Waals surface area contributed by atoms with Crippen LogP contribution in [0.2, 0.25) is 0 Å². The molecule has 0 aliphatic heterocycles. The largest absolute Gasteiger partial charge is 0.286 e. The van der Waals surface area contributed by atoms with Gasteiger partial charge in [-0.3, -0.25) is 4.79 Å². The van der Waals surface area contributed by atoms with Crippen LogP contribution in [0.5, 0.6) is 0 Å². The molecule has 1 nitrogen and oxygen atoms in total. The van der Waals surface area contributed by atoms with Crippen molar-refractivity contribution in [3.05, 3.63) is 24.3 Å². The molecule has 0 N–H and O–H groups in total. The van der Waals surface area contributed by atoms with Gasteiger partial charge in [0.15, 0.2) is 0 Å². The van der Waals surface area contributed by atoms with Crippen LogP contribution >= 0.6 is 0 Å². The van der Waals surface area contributed by atoms with E-state index in [4.69, 9.17) is 0 Å². The summed E-state index contributed by atoms with van der Waals surface area (Å²) in [5, 5.41) is 0. The van der Waals surface area contributed by atoms with Crippen molar-refractivity contribution in [1.82, 2.24) is 0 Å². The Balaban J connectivity index is 3.09. The van der Waals surface area contributed by atoms with Gasteiger partial charge in [-0.1, -0.05) is 31.6 Å². The standard InChI is InChI=1S/C11H17O/c1-2-3-4-5-6-7-8-9-10-11-12/h4-5,9-10H,2-3,6-8H2,1H3/b5-4+,10-9+. The molecule has 0 spiro atoms. The summed E-state index contributed by atoms with van der Waals surface area (Å²) in [5.41, 5.74) is 0. The minimum Gasteiger partial charge on any atom is -0.286 e. The first-order valence-corrected chi connectivity index (χ1v) is 4.59. The Morgan fingerprint density at radius 3 is 2.42 bits per heavy atom. The van der Waals surface area contributed by atoms with Crippen molar-refractivity contribution >= 4 is 6.29 Å². The fourth-order valence-electron chi connectivity index (χ4n) is 0.887. The molecule has 67 valence electrons. The lowest BCUT2D eigenvalue weighted by Crippen LogP contribution is -1.70. The summed E-state index contributed by atoms with van der Waals surface area (Å²) < 4.78 is 0. The molecule has 0 atom stereocenters. The molecule has 0 amide bonds. The second-order valence-corrected chi connectivity index (χ2v) is 2.71. The van der Waals surface area contributed by atoms with E-state index in [1.165, 1.54) is 18.9 Å². The lowest BCUT2D eigenvalue weighted by atomic mass is 10.2. The van der Waals surface area contributed by atoms with Crippen LogP contribution in [0.25, 0.3) is 0 Å². The van der Waals surface area contributed by atoms with Crippen molar-refractivity contribution in [3.63, 3.8) is 0 Å². The van der Waals surface area contributed by atoms with Gasteiger partial charge in [-0.25, -0.2) is 0 Å². The topological polar surface area (TPSA) is 17.1 Å². The Labute approximate surface area is 75.2 Å². The maximum atomic E-state index is 9.75. The first kappa shape index (κ1) is 11.2. The molecule has 0 heterocycles. The van der Waals surface area contributed by atoms with Crippen molar-refractivity contribution < 1.29 is 4.79 Å². The van der Waals surface area contributed by atoms with Gasteiger partial charge in [-0.05, 0) is 31.8 Å². The third-order valence-corrected chi connectivity index (χ3v) is 1.55. The molecule has 0 aromatic carbocycles. The number of unbranched alkanes of at least 4 members (excludes halogenated alkanes) is 3. The van der Waals surface area contributed by atoms with Gasteiger partial charge < -0.3 is 0 Å². The average Bonchev–Trinajstić information content (AvgIpc) is 2.10. The number of carbonyl (C=O) groups excluding carboxylic acids is 1. The normalized spacial score (nSPS) is 11.4. The molecule has 0 rings (SSSR count). The van der Waals surface area contributed by atoms with Gasteiger partial charge in [0.25, 0.3) is 0 Å². The highest BCUT2D eigenvalue weighted by Gasteiger charge is 1.80. The summed E-state index contributed by atoms with van der Waals surface area (Å²) in [6, 6.07) is 0. The maximum Gasteiger partial charge on any atom is 0.225 e. The molecule has 0 unspecified atom stereocenters. The van der Waals surface area contributed by atoms with Crippen molar-refractivity contribution in [2.45, 2.75) is 39.0 Å². The Bertz CT molecular complexity index is 145. The first-order chi connectivity index (χ1) is 5.91. The van der Waals surface area contributed by atoms with Crippen LogP contribution in [-0.2, 0) is 4.79 Å². The van der Waals surface area contributed by atoms with Crippen LogP contribution in [-0.4, -0.2) is 6.29 Å². The van der Waals surface area contributed by atoms with Gasteiger partial charge in [0, 0.05) is 0 Å². The van der Waals surface area contributed by atoms with Crippen molar-refractivity contribution in [2.75, 3.05) is 0 Å². The minimum absolute atomic E-state index is 0.978. The molecular weight excluding hydrogens is 148 g/mol. The molecular formula is C11H17O. The summed E-state index contributed by atoms with van der Waals surface area (Å²) in [7, 11) is 0. The highest BCUT2D eigenvalue weighted by atomic mass is 16.1. The number of allylic oxidation sites excluding steroid dienone is 4. The van der Waals surface area contributed by atoms with Crippen LogP contribution in [0.3, 0.4) is 0 Å². The van der Waals surface area contributed by atoms with Crippen LogP contribution in [0.4, 0.5) is 0 Å². The molecule has 1 radical (unpaired) electrons. The molecule has 0 aliphatic carbocycles. The molecule has 0 aromatic rings. The Morgan fingerprint density at radius 2 is 1.75 bits per heavy atom. The molecule has 0 fully saturated rings. The maximum absolute atomic E-state index is 9.75. The lowest BCUT2D eigenvalue weighted by Gasteiger charge is -1.89. The summed E-state index contributed by atoms with van der Waals surface area (Å²) in [5.74, 6) is 0. The zero-order chi connectivity index (χ0) is 9.07.